The Balaban J connectivity index is 1.52. The predicted molar refractivity (Wildman–Crippen MR) is 98.6 cm³/mol. The number of rotatable bonds is 5. The lowest BCUT2D eigenvalue weighted by atomic mass is 9.95. The Morgan fingerprint density at radius 3 is 2.48 bits per heavy atom. The molecule has 2 heterocycles. The van der Waals surface area contributed by atoms with Crippen molar-refractivity contribution in [2.75, 3.05) is 13.1 Å². The average molecular weight is 370 g/mol. The minimum Gasteiger partial charge on any atom is -0.365 e. The summed E-state index contributed by atoms with van der Waals surface area (Å²) in [6.45, 7) is 3.07. The van der Waals surface area contributed by atoms with Gasteiger partial charge in [-0.15, -0.1) is 0 Å². The molecular formula is C20H23FN4O2. The molecule has 0 spiro atoms. The van der Waals surface area contributed by atoms with Crippen LogP contribution in [0, 0.1) is 12.7 Å². The first kappa shape index (κ1) is 18.9. The number of nitrogens with two attached hydrogens (primary N) is 1. The highest BCUT2D eigenvalue weighted by Crippen LogP contribution is 2.26. The van der Waals surface area contributed by atoms with Crippen LogP contribution in [0.25, 0.3) is 0 Å². The van der Waals surface area contributed by atoms with E-state index in [0.29, 0.717) is 43.0 Å². The molecule has 7 heteroatoms. The maximum Gasteiger partial charge on any atom is 0.252 e. The largest absolute Gasteiger partial charge is 0.365 e. The first-order valence-electron chi connectivity index (χ1n) is 9.09. The molecule has 2 aromatic rings. The van der Waals surface area contributed by atoms with Crippen molar-refractivity contribution in [3.63, 3.8) is 0 Å². The third kappa shape index (κ3) is 4.67. The standard InChI is InChI=1S/C20H23FN4O2/c1-13-17(19(22)27)12-23-20(24-13)15-8-10-25(11-9-15)18(26)7-4-14-2-5-16(21)6-3-14/h2-3,5-6,12,15H,4,7-11H2,1H3,(H2,22,27). The Labute approximate surface area is 157 Å². The molecule has 1 aromatic carbocycles. The third-order valence-corrected chi connectivity index (χ3v) is 5.02. The van der Waals surface area contributed by atoms with Crippen LogP contribution in [0.4, 0.5) is 4.39 Å². The highest BCUT2D eigenvalue weighted by Gasteiger charge is 2.25. The molecule has 0 unspecified atom stereocenters. The summed E-state index contributed by atoms with van der Waals surface area (Å²) in [4.78, 5) is 34.3. The van der Waals surface area contributed by atoms with Crippen LogP contribution in [0.2, 0.25) is 0 Å². The van der Waals surface area contributed by atoms with E-state index >= 15 is 0 Å². The molecule has 0 radical (unpaired) electrons. The smallest absolute Gasteiger partial charge is 0.252 e. The van der Waals surface area contributed by atoms with Crippen LogP contribution in [0.5, 0.6) is 0 Å². The minimum absolute atomic E-state index is 0.110. The molecule has 0 bridgehead atoms. The monoisotopic (exact) mass is 370 g/mol. The summed E-state index contributed by atoms with van der Waals surface area (Å²) in [5.41, 5.74) is 7.18. The molecule has 1 aromatic heterocycles. The predicted octanol–water partition coefficient (Wildman–Crippen LogP) is 2.36. The normalized spacial score (nSPS) is 15.0. The first-order valence-corrected chi connectivity index (χ1v) is 9.09. The summed E-state index contributed by atoms with van der Waals surface area (Å²) in [7, 11) is 0. The molecule has 6 nitrogen and oxygen atoms in total. The number of amides is 2. The zero-order valence-corrected chi connectivity index (χ0v) is 15.3. The van der Waals surface area contributed by atoms with Gasteiger partial charge in [0.1, 0.15) is 11.6 Å². The fraction of sp³-hybridized carbons (Fsp3) is 0.400. The summed E-state index contributed by atoms with van der Waals surface area (Å²) >= 11 is 0. The summed E-state index contributed by atoms with van der Waals surface area (Å²) in [6, 6.07) is 6.25. The topological polar surface area (TPSA) is 89.2 Å². The van der Waals surface area contributed by atoms with Crippen LogP contribution >= 0.6 is 0 Å². The van der Waals surface area contributed by atoms with Crippen LogP contribution < -0.4 is 5.73 Å². The van der Waals surface area contributed by atoms with E-state index in [-0.39, 0.29) is 17.6 Å². The Kier molecular flexibility index (Phi) is 5.78. The van der Waals surface area contributed by atoms with Crippen LogP contribution in [-0.4, -0.2) is 39.8 Å². The van der Waals surface area contributed by atoms with Gasteiger partial charge in [-0.05, 0) is 43.9 Å². The lowest BCUT2D eigenvalue weighted by molar-refractivity contribution is -0.132. The zero-order valence-electron chi connectivity index (χ0n) is 15.3. The number of nitrogens with zero attached hydrogens (tertiary/aromatic N) is 3. The second-order valence-corrected chi connectivity index (χ2v) is 6.87. The Bertz CT molecular complexity index is 830. The van der Waals surface area contributed by atoms with Crippen LogP contribution in [-0.2, 0) is 11.2 Å². The molecule has 2 amide bonds. The quantitative estimate of drug-likeness (QED) is 0.875. The average Bonchev–Trinajstić information content (AvgIpc) is 2.67. The highest BCUT2D eigenvalue weighted by atomic mass is 19.1. The second kappa shape index (κ2) is 8.24. The molecule has 3 rings (SSSR count). The third-order valence-electron chi connectivity index (χ3n) is 5.02. The van der Waals surface area contributed by atoms with E-state index in [2.05, 4.69) is 9.97 Å². The lowest BCUT2D eigenvalue weighted by Gasteiger charge is -2.31. The molecule has 1 saturated heterocycles. The molecule has 142 valence electrons. The number of carbonyl (C=O) groups is 2. The molecule has 2 N–H and O–H groups in total. The highest BCUT2D eigenvalue weighted by molar-refractivity contribution is 5.93. The van der Waals surface area contributed by atoms with Crippen molar-refractivity contribution < 1.29 is 14.0 Å². The molecule has 0 aliphatic carbocycles. The van der Waals surface area contributed by atoms with Crippen LogP contribution in [0.15, 0.2) is 30.5 Å². The molecule has 0 saturated carbocycles. The first-order chi connectivity index (χ1) is 12.9. The van der Waals surface area contributed by atoms with E-state index in [9.17, 15) is 14.0 Å². The number of benzene rings is 1. The molecule has 1 fully saturated rings. The van der Waals surface area contributed by atoms with E-state index in [1.165, 1.54) is 18.3 Å². The van der Waals surface area contributed by atoms with E-state index in [1.807, 2.05) is 4.90 Å². The van der Waals surface area contributed by atoms with Crippen molar-refractivity contribution in [2.24, 2.45) is 5.73 Å². The van der Waals surface area contributed by atoms with Crippen molar-refractivity contribution >= 4 is 11.8 Å². The van der Waals surface area contributed by atoms with Gasteiger partial charge in [0, 0.05) is 31.6 Å². The number of halogens is 1. The number of piperidine rings is 1. The number of primary amides is 1. The van der Waals surface area contributed by atoms with Crippen LogP contribution in [0.3, 0.4) is 0 Å². The van der Waals surface area contributed by atoms with E-state index in [1.54, 1.807) is 19.1 Å². The van der Waals surface area contributed by atoms with E-state index in [4.69, 9.17) is 5.73 Å². The van der Waals surface area contributed by atoms with Gasteiger partial charge in [0.25, 0.3) is 5.91 Å². The van der Waals surface area contributed by atoms with Gasteiger partial charge in [-0.3, -0.25) is 9.59 Å². The van der Waals surface area contributed by atoms with Gasteiger partial charge in [0.2, 0.25) is 5.91 Å². The molecule has 0 atom stereocenters. The molecular weight excluding hydrogens is 347 g/mol. The summed E-state index contributed by atoms with van der Waals surface area (Å²) in [5, 5.41) is 0. The summed E-state index contributed by atoms with van der Waals surface area (Å²) in [5.74, 6) is 0.190. The van der Waals surface area contributed by atoms with Gasteiger partial charge in [0.15, 0.2) is 0 Å². The number of hydrogen-bond acceptors (Lipinski definition) is 4. The van der Waals surface area contributed by atoms with Gasteiger partial charge in [-0.25, -0.2) is 14.4 Å². The number of aromatic nitrogens is 2. The molecule has 1 aliphatic heterocycles. The Morgan fingerprint density at radius 2 is 1.89 bits per heavy atom. The van der Waals surface area contributed by atoms with Crippen molar-refractivity contribution in [1.82, 2.24) is 14.9 Å². The van der Waals surface area contributed by atoms with Crippen molar-refractivity contribution in [3.05, 3.63) is 58.9 Å². The number of hydrogen-bond donors (Lipinski definition) is 1. The lowest BCUT2D eigenvalue weighted by Crippen LogP contribution is -2.38. The van der Waals surface area contributed by atoms with Gasteiger partial charge in [-0.2, -0.15) is 0 Å². The summed E-state index contributed by atoms with van der Waals surface area (Å²) in [6.07, 6.45) is 4.09. The minimum atomic E-state index is -0.527. The Morgan fingerprint density at radius 1 is 1.22 bits per heavy atom. The van der Waals surface area contributed by atoms with Crippen LogP contribution in [0.1, 0.15) is 52.6 Å². The second-order valence-electron chi connectivity index (χ2n) is 6.87. The van der Waals surface area contributed by atoms with E-state index in [0.717, 1.165) is 18.4 Å². The zero-order chi connectivity index (χ0) is 19.4. The van der Waals surface area contributed by atoms with Gasteiger partial charge in [0.05, 0.1) is 11.3 Å². The summed E-state index contributed by atoms with van der Waals surface area (Å²) < 4.78 is 12.9. The number of likely N-dealkylation sites (tertiary alicyclic amines) is 1. The van der Waals surface area contributed by atoms with Gasteiger partial charge < -0.3 is 10.6 Å². The van der Waals surface area contributed by atoms with Crippen molar-refractivity contribution in [2.45, 2.75) is 38.5 Å². The molecule has 27 heavy (non-hydrogen) atoms. The van der Waals surface area contributed by atoms with Crippen molar-refractivity contribution in [3.8, 4) is 0 Å². The Hall–Kier alpha value is -2.83. The molecule has 1 aliphatic rings. The van der Waals surface area contributed by atoms with Gasteiger partial charge >= 0.3 is 0 Å². The van der Waals surface area contributed by atoms with E-state index < -0.39 is 5.91 Å². The fourth-order valence-electron chi connectivity index (χ4n) is 3.37. The van der Waals surface area contributed by atoms with Crippen molar-refractivity contribution in [1.29, 1.82) is 0 Å². The number of carbonyl (C=O) groups excluding carboxylic acids is 2. The maximum absolute atomic E-state index is 12.9. The maximum atomic E-state index is 12.9. The SMILES string of the molecule is Cc1nc(C2CCN(C(=O)CCc3ccc(F)cc3)CC2)ncc1C(N)=O. The number of aryl methyl sites for hydroxylation is 2. The van der Waals surface area contributed by atoms with Gasteiger partial charge in [-0.1, -0.05) is 12.1 Å². The fourth-order valence-corrected chi connectivity index (χ4v) is 3.37.